The molecule has 8 heteroatoms. The summed E-state index contributed by atoms with van der Waals surface area (Å²) in [5.74, 6) is 3.57. The zero-order valence-electron chi connectivity index (χ0n) is 16.0. The molecule has 2 aromatic heterocycles. The molecule has 1 amide bonds. The number of carbonyl (C=O) groups is 1. The molecule has 0 spiro atoms. The summed E-state index contributed by atoms with van der Waals surface area (Å²) >= 11 is 3.41. The predicted octanol–water partition coefficient (Wildman–Crippen LogP) is 3.54. The third kappa shape index (κ3) is 3.79. The molecular weight excluding hydrogens is 404 g/mol. The van der Waals surface area contributed by atoms with Crippen molar-refractivity contribution < 1.29 is 9.53 Å². The van der Waals surface area contributed by atoms with E-state index in [4.69, 9.17) is 4.74 Å². The molecule has 1 atom stereocenters. The lowest BCUT2D eigenvalue weighted by atomic mass is 10.2. The van der Waals surface area contributed by atoms with Crippen LogP contribution in [0.4, 0.5) is 5.82 Å². The summed E-state index contributed by atoms with van der Waals surface area (Å²) in [5, 5.41) is 1.19. The number of anilines is 1. The fourth-order valence-electron chi connectivity index (χ4n) is 3.80. The zero-order valence-corrected chi connectivity index (χ0v) is 17.6. The normalized spacial score (nSPS) is 19.7. The number of ether oxygens (including phenoxy) is 1. The molecule has 2 fully saturated rings. The topological polar surface area (TPSA) is 58.6 Å². The number of thioether (sulfide) groups is 1. The highest BCUT2D eigenvalue weighted by atomic mass is 32.2. The fourth-order valence-corrected chi connectivity index (χ4v) is 5.69. The van der Waals surface area contributed by atoms with Crippen molar-refractivity contribution in [3.05, 3.63) is 48.2 Å². The van der Waals surface area contributed by atoms with Crippen molar-refractivity contribution >= 4 is 45.1 Å². The monoisotopic (exact) mass is 426 g/mol. The molecule has 0 N–H and O–H groups in total. The molecule has 2 aliphatic heterocycles. The molecule has 150 valence electrons. The van der Waals surface area contributed by atoms with Gasteiger partial charge in [-0.2, -0.15) is 16.1 Å². The molecule has 29 heavy (non-hydrogen) atoms. The first kappa shape index (κ1) is 18.7. The fraction of sp³-hybridized carbons (Fsp3) is 0.381. The molecule has 2 saturated heterocycles. The average molecular weight is 427 g/mol. The number of fused-ring (bicyclic) bond motifs is 1. The Morgan fingerprint density at radius 2 is 1.97 bits per heavy atom. The summed E-state index contributed by atoms with van der Waals surface area (Å²) < 4.78 is 11.9. The summed E-state index contributed by atoms with van der Waals surface area (Å²) in [6, 6.07) is 11.9. The molecule has 3 aromatic rings. The second-order valence-electron chi connectivity index (χ2n) is 7.24. The Morgan fingerprint density at radius 3 is 2.79 bits per heavy atom. The minimum absolute atomic E-state index is 0.00142. The summed E-state index contributed by atoms with van der Waals surface area (Å²) in [4.78, 5) is 21.7. The lowest BCUT2D eigenvalue weighted by molar-refractivity contribution is 0.0738. The van der Waals surface area contributed by atoms with Crippen LogP contribution in [0.5, 0.6) is 5.88 Å². The third-order valence-corrected chi connectivity index (χ3v) is 7.34. The van der Waals surface area contributed by atoms with Gasteiger partial charge in [-0.15, -0.1) is 0 Å². The lowest BCUT2D eigenvalue weighted by Crippen LogP contribution is -2.49. The van der Waals surface area contributed by atoms with E-state index < -0.39 is 0 Å². The smallest absolute Gasteiger partial charge is 0.259 e. The molecule has 6 nitrogen and oxygen atoms in total. The van der Waals surface area contributed by atoms with E-state index in [9.17, 15) is 4.79 Å². The number of piperazine rings is 1. The highest BCUT2D eigenvalue weighted by molar-refractivity contribution is 7.99. The van der Waals surface area contributed by atoms with E-state index in [-0.39, 0.29) is 12.0 Å². The second-order valence-corrected chi connectivity index (χ2v) is 9.20. The summed E-state index contributed by atoms with van der Waals surface area (Å²) in [7, 11) is 0. The highest BCUT2D eigenvalue weighted by Crippen LogP contribution is 2.30. The Hall–Kier alpha value is -2.32. The van der Waals surface area contributed by atoms with E-state index in [1.807, 2.05) is 34.9 Å². The van der Waals surface area contributed by atoms with E-state index in [2.05, 4.69) is 26.4 Å². The Labute approximate surface area is 178 Å². The maximum absolute atomic E-state index is 13.2. The number of pyridine rings is 1. The van der Waals surface area contributed by atoms with Crippen molar-refractivity contribution in [1.82, 2.24) is 14.3 Å². The van der Waals surface area contributed by atoms with Crippen LogP contribution in [0.15, 0.2) is 42.6 Å². The van der Waals surface area contributed by atoms with Gasteiger partial charge in [0.2, 0.25) is 5.88 Å². The van der Waals surface area contributed by atoms with Crippen molar-refractivity contribution in [1.29, 1.82) is 0 Å². The van der Waals surface area contributed by atoms with Gasteiger partial charge in [0.1, 0.15) is 17.5 Å². The number of amides is 1. The first-order valence-electron chi connectivity index (χ1n) is 9.87. The zero-order chi connectivity index (χ0) is 19.6. The minimum Gasteiger partial charge on any atom is -0.473 e. The van der Waals surface area contributed by atoms with Gasteiger partial charge in [0, 0.05) is 43.5 Å². The second kappa shape index (κ2) is 8.20. The van der Waals surface area contributed by atoms with Gasteiger partial charge in [-0.25, -0.2) is 4.98 Å². The molecule has 5 rings (SSSR count). The SMILES string of the molecule is O=C(c1cccnc1O[C@H]1CCSC1)N1CCN(c2nsc3ccccc23)CC1. The van der Waals surface area contributed by atoms with Gasteiger partial charge in [-0.3, -0.25) is 4.79 Å². The van der Waals surface area contributed by atoms with Crippen molar-refractivity contribution in [3.63, 3.8) is 0 Å². The van der Waals surface area contributed by atoms with Crippen molar-refractivity contribution in [2.45, 2.75) is 12.5 Å². The van der Waals surface area contributed by atoms with Gasteiger partial charge in [0.15, 0.2) is 0 Å². The maximum atomic E-state index is 13.2. The highest BCUT2D eigenvalue weighted by Gasteiger charge is 2.28. The van der Waals surface area contributed by atoms with Crippen LogP contribution in [0.3, 0.4) is 0 Å². The van der Waals surface area contributed by atoms with Crippen LogP contribution in [0, 0.1) is 0 Å². The quantitative estimate of drug-likeness (QED) is 0.636. The number of rotatable bonds is 4. The Morgan fingerprint density at radius 1 is 1.10 bits per heavy atom. The van der Waals surface area contributed by atoms with Gasteiger partial charge in [-0.05, 0) is 48.0 Å². The molecule has 0 bridgehead atoms. The van der Waals surface area contributed by atoms with Crippen LogP contribution in [-0.4, -0.2) is 64.0 Å². The minimum atomic E-state index is 0.00142. The molecule has 0 aliphatic carbocycles. The van der Waals surface area contributed by atoms with E-state index in [0.29, 0.717) is 24.5 Å². The molecule has 0 radical (unpaired) electrons. The first-order chi connectivity index (χ1) is 14.3. The summed E-state index contributed by atoms with van der Waals surface area (Å²) in [5.41, 5.74) is 0.567. The number of hydrogen-bond donors (Lipinski definition) is 0. The van der Waals surface area contributed by atoms with Gasteiger partial charge in [0.05, 0.1) is 4.70 Å². The first-order valence-corrected chi connectivity index (χ1v) is 11.8. The summed E-state index contributed by atoms with van der Waals surface area (Å²) in [6.45, 7) is 2.88. The van der Waals surface area contributed by atoms with E-state index >= 15 is 0 Å². The number of benzene rings is 1. The van der Waals surface area contributed by atoms with Crippen molar-refractivity contribution in [2.75, 3.05) is 42.6 Å². The van der Waals surface area contributed by atoms with E-state index in [0.717, 1.165) is 36.8 Å². The molecule has 2 aliphatic rings. The summed E-state index contributed by atoms with van der Waals surface area (Å²) in [6.07, 6.45) is 2.85. The largest absolute Gasteiger partial charge is 0.473 e. The van der Waals surface area contributed by atoms with Crippen LogP contribution in [0.2, 0.25) is 0 Å². The van der Waals surface area contributed by atoms with E-state index in [1.54, 1.807) is 12.3 Å². The average Bonchev–Trinajstić information content (AvgIpc) is 3.44. The molecular formula is C21H22N4O2S2. The number of hydrogen-bond acceptors (Lipinski definition) is 7. The van der Waals surface area contributed by atoms with Crippen LogP contribution >= 0.6 is 23.3 Å². The van der Waals surface area contributed by atoms with Crippen LogP contribution in [0.25, 0.3) is 10.1 Å². The van der Waals surface area contributed by atoms with E-state index in [1.165, 1.54) is 21.6 Å². The number of nitrogens with zero attached hydrogens (tertiary/aromatic N) is 4. The number of aromatic nitrogens is 2. The van der Waals surface area contributed by atoms with Gasteiger partial charge >= 0.3 is 0 Å². The molecule has 0 saturated carbocycles. The van der Waals surface area contributed by atoms with Crippen LogP contribution in [-0.2, 0) is 0 Å². The molecule has 4 heterocycles. The lowest BCUT2D eigenvalue weighted by Gasteiger charge is -2.35. The third-order valence-electron chi connectivity index (χ3n) is 5.39. The predicted molar refractivity (Wildman–Crippen MR) is 118 cm³/mol. The Kier molecular flexibility index (Phi) is 5.28. The molecule has 0 unspecified atom stereocenters. The van der Waals surface area contributed by atoms with Gasteiger partial charge < -0.3 is 14.5 Å². The van der Waals surface area contributed by atoms with Crippen molar-refractivity contribution in [2.24, 2.45) is 0 Å². The maximum Gasteiger partial charge on any atom is 0.259 e. The number of carbonyl (C=O) groups excluding carboxylic acids is 1. The van der Waals surface area contributed by atoms with Crippen LogP contribution in [0.1, 0.15) is 16.8 Å². The van der Waals surface area contributed by atoms with Crippen molar-refractivity contribution in [3.8, 4) is 5.88 Å². The Balaban J connectivity index is 1.28. The Bertz CT molecular complexity index is 1010. The van der Waals surface area contributed by atoms with Gasteiger partial charge in [-0.1, -0.05) is 12.1 Å². The van der Waals surface area contributed by atoms with Crippen LogP contribution < -0.4 is 9.64 Å². The standard InChI is InChI=1S/C21H22N4O2S2/c26-21(17-5-3-8-22-20(17)27-15-7-13-28-14-15)25-11-9-24(10-12-25)19-16-4-1-2-6-18(16)29-23-19/h1-6,8,15H,7,9-14H2/t15-/m0/s1. The van der Waals surface area contributed by atoms with Gasteiger partial charge in [0.25, 0.3) is 5.91 Å². The molecule has 1 aromatic carbocycles.